The summed E-state index contributed by atoms with van der Waals surface area (Å²) in [6, 6.07) is 5.42. The first kappa shape index (κ1) is 18.1. The number of hydrogen-bond acceptors (Lipinski definition) is 3. The van der Waals surface area contributed by atoms with Crippen LogP contribution in [0.5, 0.6) is 0 Å². The first-order chi connectivity index (χ1) is 11.4. The highest BCUT2D eigenvalue weighted by Gasteiger charge is 2.31. The molecule has 0 spiro atoms. The highest BCUT2D eigenvalue weighted by molar-refractivity contribution is 5.93. The summed E-state index contributed by atoms with van der Waals surface area (Å²) in [5, 5.41) is 2.71. The number of nitrogens with zero attached hydrogens (tertiary/aromatic N) is 2. The SMILES string of the molecule is CC#CC(=O)NCCN1CCN(c2cccc(C(F)(F)F)c2)CC1. The minimum Gasteiger partial charge on any atom is -0.369 e. The number of anilines is 1. The van der Waals surface area contributed by atoms with Crippen molar-refractivity contribution in [3.8, 4) is 11.8 Å². The molecule has 2 rings (SSSR count). The first-order valence-electron chi connectivity index (χ1n) is 7.75. The van der Waals surface area contributed by atoms with Crippen LogP contribution < -0.4 is 10.2 Å². The van der Waals surface area contributed by atoms with Crippen LogP contribution in [0.2, 0.25) is 0 Å². The summed E-state index contributed by atoms with van der Waals surface area (Å²) in [6.45, 7) is 5.61. The van der Waals surface area contributed by atoms with Crippen LogP contribution in [0.25, 0.3) is 0 Å². The minimum absolute atomic E-state index is 0.292. The van der Waals surface area contributed by atoms with Crippen molar-refractivity contribution in [1.29, 1.82) is 0 Å². The molecule has 0 bridgehead atoms. The second kappa shape index (κ2) is 8.06. The lowest BCUT2D eigenvalue weighted by atomic mass is 10.1. The second-order valence-corrected chi connectivity index (χ2v) is 5.51. The van der Waals surface area contributed by atoms with Crippen molar-refractivity contribution in [2.24, 2.45) is 0 Å². The monoisotopic (exact) mass is 339 g/mol. The molecular weight excluding hydrogens is 319 g/mol. The molecule has 1 aromatic rings. The molecule has 24 heavy (non-hydrogen) atoms. The number of benzene rings is 1. The molecule has 0 aromatic heterocycles. The van der Waals surface area contributed by atoms with E-state index in [2.05, 4.69) is 22.1 Å². The van der Waals surface area contributed by atoms with Gasteiger partial charge in [0, 0.05) is 45.0 Å². The zero-order valence-corrected chi connectivity index (χ0v) is 13.5. The average Bonchev–Trinajstić information content (AvgIpc) is 2.55. The normalized spacial score (nSPS) is 15.6. The third-order valence-electron chi connectivity index (χ3n) is 3.86. The van der Waals surface area contributed by atoms with Crippen molar-refractivity contribution in [3.05, 3.63) is 29.8 Å². The summed E-state index contributed by atoms with van der Waals surface area (Å²) < 4.78 is 38.4. The van der Waals surface area contributed by atoms with Crippen LogP contribution in [0.1, 0.15) is 12.5 Å². The summed E-state index contributed by atoms with van der Waals surface area (Å²) in [6.07, 6.45) is -4.32. The fraction of sp³-hybridized carbons (Fsp3) is 0.471. The lowest BCUT2D eigenvalue weighted by Crippen LogP contribution is -2.48. The van der Waals surface area contributed by atoms with Gasteiger partial charge in [0.15, 0.2) is 0 Å². The third kappa shape index (κ3) is 5.17. The summed E-state index contributed by atoms with van der Waals surface area (Å²) in [5.74, 6) is 4.65. The number of piperazine rings is 1. The van der Waals surface area contributed by atoms with Gasteiger partial charge in [0.05, 0.1) is 5.56 Å². The number of nitrogens with one attached hydrogen (secondary N) is 1. The predicted molar refractivity (Wildman–Crippen MR) is 86.6 cm³/mol. The standard InChI is InChI=1S/C17H20F3N3O/c1-2-4-16(24)21-7-8-22-9-11-23(12-10-22)15-6-3-5-14(13-15)17(18,19)20/h3,5-6,13H,7-12H2,1H3,(H,21,24). The van der Waals surface area contributed by atoms with Crippen molar-refractivity contribution in [2.75, 3.05) is 44.2 Å². The zero-order valence-electron chi connectivity index (χ0n) is 13.5. The Morgan fingerprint density at radius 2 is 1.96 bits per heavy atom. The Kier molecular flexibility index (Phi) is 6.10. The highest BCUT2D eigenvalue weighted by atomic mass is 19.4. The Morgan fingerprint density at radius 1 is 1.25 bits per heavy atom. The Labute approximate surface area is 139 Å². The largest absolute Gasteiger partial charge is 0.416 e. The van der Waals surface area contributed by atoms with Gasteiger partial charge in [0.2, 0.25) is 0 Å². The third-order valence-corrected chi connectivity index (χ3v) is 3.86. The summed E-state index contributed by atoms with van der Waals surface area (Å²) >= 11 is 0. The molecule has 130 valence electrons. The van der Waals surface area contributed by atoms with Gasteiger partial charge in [-0.2, -0.15) is 13.2 Å². The van der Waals surface area contributed by atoms with Gasteiger partial charge in [-0.3, -0.25) is 9.69 Å². The van der Waals surface area contributed by atoms with Crippen molar-refractivity contribution in [1.82, 2.24) is 10.2 Å². The second-order valence-electron chi connectivity index (χ2n) is 5.51. The van der Waals surface area contributed by atoms with E-state index in [0.29, 0.717) is 31.9 Å². The van der Waals surface area contributed by atoms with E-state index in [4.69, 9.17) is 0 Å². The van der Waals surface area contributed by atoms with Gasteiger partial charge in [-0.05, 0) is 31.0 Å². The Balaban J connectivity index is 1.82. The number of amides is 1. The fourth-order valence-corrected chi connectivity index (χ4v) is 2.59. The van der Waals surface area contributed by atoms with Crippen molar-refractivity contribution < 1.29 is 18.0 Å². The van der Waals surface area contributed by atoms with E-state index >= 15 is 0 Å². The van der Waals surface area contributed by atoms with E-state index < -0.39 is 11.7 Å². The zero-order chi connectivity index (χ0) is 17.6. The summed E-state index contributed by atoms with van der Waals surface area (Å²) in [4.78, 5) is 15.4. The quantitative estimate of drug-likeness (QED) is 0.852. The number of carbonyl (C=O) groups excluding carboxylic acids is 1. The molecular formula is C17H20F3N3O. The molecule has 1 heterocycles. The van der Waals surface area contributed by atoms with Gasteiger partial charge in [0.25, 0.3) is 5.91 Å². The van der Waals surface area contributed by atoms with Gasteiger partial charge in [-0.1, -0.05) is 12.0 Å². The molecule has 7 heteroatoms. The van der Waals surface area contributed by atoms with E-state index in [1.165, 1.54) is 12.1 Å². The van der Waals surface area contributed by atoms with E-state index in [1.54, 1.807) is 13.0 Å². The molecule has 1 aliphatic heterocycles. The maximum absolute atomic E-state index is 12.8. The molecule has 0 saturated carbocycles. The van der Waals surface area contributed by atoms with Crippen molar-refractivity contribution in [3.63, 3.8) is 0 Å². The Bertz CT molecular complexity index is 626. The number of alkyl halides is 3. The van der Waals surface area contributed by atoms with E-state index in [-0.39, 0.29) is 5.91 Å². The molecule has 1 N–H and O–H groups in total. The van der Waals surface area contributed by atoms with E-state index in [9.17, 15) is 18.0 Å². The van der Waals surface area contributed by atoms with Crippen LogP contribution >= 0.6 is 0 Å². The van der Waals surface area contributed by atoms with Crippen LogP contribution in [0.15, 0.2) is 24.3 Å². The number of halogens is 3. The topological polar surface area (TPSA) is 35.6 Å². The molecule has 4 nitrogen and oxygen atoms in total. The van der Waals surface area contributed by atoms with Gasteiger partial charge in [0.1, 0.15) is 0 Å². The summed E-state index contributed by atoms with van der Waals surface area (Å²) in [5.41, 5.74) is -0.0295. The Hall–Kier alpha value is -2.20. The van der Waals surface area contributed by atoms with Gasteiger partial charge < -0.3 is 10.2 Å². The van der Waals surface area contributed by atoms with Crippen LogP contribution in [0.4, 0.5) is 18.9 Å². The molecule has 0 unspecified atom stereocenters. The fourth-order valence-electron chi connectivity index (χ4n) is 2.59. The lowest BCUT2D eigenvalue weighted by Gasteiger charge is -2.36. The first-order valence-corrected chi connectivity index (χ1v) is 7.75. The average molecular weight is 339 g/mol. The number of hydrogen-bond donors (Lipinski definition) is 1. The number of rotatable bonds is 4. The molecule has 0 radical (unpaired) electrons. The molecule has 0 atom stereocenters. The maximum atomic E-state index is 12.8. The van der Waals surface area contributed by atoms with Crippen LogP contribution in [0, 0.1) is 11.8 Å². The minimum atomic E-state index is -4.32. The highest BCUT2D eigenvalue weighted by Crippen LogP contribution is 2.31. The lowest BCUT2D eigenvalue weighted by molar-refractivity contribution is -0.137. The Morgan fingerprint density at radius 3 is 2.58 bits per heavy atom. The van der Waals surface area contributed by atoms with Gasteiger partial charge >= 0.3 is 6.18 Å². The predicted octanol–water partition coefficient (Wildman–Crippen LogP) is 1.97. The molecule has 1 fully saturated rings. The van der Waals surface area contributed by atoms with Crippen LogP contribution in [-0.4, -0.2) is 50.1 Å². The van der Waals surface area contributed by atoms with Crippen molar-refractivity contribution in [2.45, 2.75) is 13.1 Å². The molecule has 1 aromatic carbocycles. The van der Waals surface area contributed by atoms with Crippen LogP contribution in [0.3, 0.4) is 0 Å². The molecule has 1 saturated heterocycles. The van der Waals surface area contributed by atoms with Gasteiger partial charge in [-0.25, -0.2) is 0 Å². The number of carbonyl (C=O) groups is 1. The van der Waals surface area contributed by atoms with E-state index in [0.717, 1.165) is 19.2 Å². The van der Waals surface area contributed by atoms with Crippen molar-refractivity contribution >= 4 is 11.6 Å². The smallest absolute Gasteiger partial charge is 0.369 e. The maximum Gasteiger partial charge on any atom is 0.416 e. The van der Waals surface area contributed by atoms with Crippen LogP contribution in [-0.2, 0) is 11.0 Å². The van der Waals surface area contributed by atoms with Gasteiger partial charge in [-0.15, -0.1) is 0 Å². The molecule has 1 aliphatic rings. The molecule has 1 amide bonds. The summed E-state index contributed by atoms with van der Waals surface area (Å²) in [7, 11) is 0. The molecule has 0 aliphatic carbocycles. The van der Waals surface area contributed by atoms with E-state index in [1.807, 2.05) is 4.90 Å².